The third kappa shape index (κ3) is 3.07. The Morgan fingerprint density at radius 3 is 2.33 bits per heavy atom. The predicted octanol–water partition coefficient (Wildman–Crippen LogP) is 1.98. The fourth-order valence-electron chi connectivity index (χ4n) is 2.40. The van der Waals surface area contributed by atoms with E-state index in [-0.39, 0.29) is 35.5 Å². The van der Waals surface area contributed by atoms with Gasteiger partial charge in [0.05, 0.1) is 10.5 Å². The summed E-state index contributed by atoms with van der Waals surface area (Å²) in [6.07, 6.45) is -4.49. The number of hydrogen-bond donors (Lipinski definition) is 1. The highest BCUT2D eigenvalue weighted by molar-refractivity contribution is 7.89. The van der Waals surface area contributed by atoms with Gasteiger partial charge in [0.2, 0.25) is 10.0 Å². The Balaban J connectivity index is 2.38. The quantitative estimate of drug-likeness (QED) is 0.905. The van der Waals surface area contributed by atoms with Crippen LogP contribution in [-0.4, -0.2) is 31.9 Å². The van der Waals surface area contributed by atoms with Crippen LogP contribution in [0.2, 0.25) is 0 Å². The molecular formula is C13H17F3N2O2S. The molecule has 1 fully saturated rings. The summed E-state index contributed by atoms with van der Waals surface area (Å²) in [5.74, 6) is 0.0227. The summed E-state index contributed by atoms with van der Waals surface area (Å²) in [4.78, 5) is -0.100. The van der Waals surface area contributed by atoms with Crippen molar-refractivity contribution in [3.8, 4) is 0 Å². The number of benzene rings is 1. The molecule has 2 unspecified atom stereocenters. The maximum Gasteiger partial charge on any atom is 0.416 e. The summed E-state index contributed by atoms with van der Waals surface area (Å²) in [6, 6.07) is 2.41. The molecule has 118 valence electrons. The summed E-state index contributed by atoms with van der Waals surface area (Å²) in [7, 11) is -3.81. The molecule has 2 atom stereocenters. The first kappa shape index (κ1) is 16.3. The van der Waals surface area contributed by atoms with E-state index in [0.29, 0.717) is 0 Å². The first-order valence-electron chi connectivity index (χ1n) is 6.47. The van der Waals surface area contributed by atoms with Gasteiger partial charge in [0.1, 0.15) is 0 Å². The van der Waals surface area contributed by atoms with Crippen molar-refractivity contribution in [1.29, 1.82) is 0 Å². The standard InChI is InChI=1S/C13H17F3N2O2S/c1-8-5-10(13(14,15)16)3-4-12(8)21(19,20)18-6-9(2)11(17)7-18/h3-5,9,11H,6-7,17H2,1-2H3. The topological polar surface area (TPSA) is 63.4 Å². The molecule has 1 heterocycles. The Labute approximate surface area is 121 Å². The van der Waals surface area contributed by atoms with Crippen LogP contribution in [0.15, 0.2) is 23.1 Å². The molecule has 0 spiro atoms. The average Bonchev–Trinajstić information content (AvgIpc) is 2.69. The van der Waals surface area contributed by atoms with Gasteiger partial charge in [-0.1, -0.05) is 6.92 Å². The van der Waals surface area contributed by atoms with E-state index in [1.54, 1.807) is 0 Å². The highest BCUT2D eigenvalue weighted by Gasteiger charge is 2.37. The lowest BCUT2D eigenvalue weighted by molar-refractivity contribution is -0.137. The molecule has 0 amide bonds. The highest BCUT2D eigenvalue weighted by Crippen LogP contribution is 2.32. The van der Waals surface area contributed by atoms with E-state index in [2.05, 4.69) is 0 Å². The van der Waals surface area contributed by atoms with Crippen molar-refractivity contribution in [2.75, 3.05) is 13.1 Å². The lowest BCUT2D eigenvalue weighted by Gasteiger charge is -2.18. The lowest BCUT2D eigenvalue weighted by Crippen LogP contribution is -2.32. The molecule has 0 aliphatic carbocycles. The van der Waals surface area contributed by atoms with Gasteiger partial charge in [0.15, 0.2) is 0 Å². The molecule has 4 nitrogen and oxygen atoms in total. The summed E-state index contributed by atoms with van der Waals surface area (Å²) in [6.45, 7) is 3.68. The van der Waals surface area contributed by atoms with E-state index in [9.17, 15) is 21.6 Å². The minimum Gasteiger partial charge on any atom is -0.326 e. The van der Waals surface area contributed by atoms with Crippen molar-refractivity contribution >= 4 is 10.0 Å². The molecule has 1 aromatic carbocycles. The molecule has 1 saturated heterocycles. The third-order valence-corrected chi connectivity index (χ3v) is 5.75. The van der Waals surface area contributed by atoms with Crippen molar-refractivity contribution in [3.05, 3.63) is 29.3 Å². The van der Waals surface area contributed by atoms with Gasteiger partial charge in [-0.25, -0.2) is 8.42 Å². The lowest BCUT2D eigenvalue weighted by atomic mass is 10.1. The Morgan fingerprint density at radius 1 is 1.29 bits per heavy atom. The Hall–Kier alpha value is -1.12. The SMILES string of the molecule is Cc1cc(C(F)(F)F)ccc1S(=O)(=O)N1CC(C)C(N)C1. The second-order valence-electron chi connectivity index (χ2n) is 5.44. The van der Waals surface area contributed by atoms with Gasteiger partial charge < -0.3 is 5.73 Å². The van der Waals surface area contributed by atoms with Gasteiger partial charge >= 0.3 is 6.18 Å². The highest BCUT2D eigenvalue weighted by atomic mass is 32.2. The molecule has 2 rings (SSSR count). The molecule has 1 aromatic rings. The molecule has 1 aliphatic rings. The summed E-state index contributed by atoms with van der Waals surface area (Å²) in [5.41, 5.74) is 5.03. The molecule has 8 heteroatoms. The molecule has 0 radical (unpaired) electrons. The van der Waals surface area contributed by atoms with Crippen LogP contribution in [0.5, 0.6) is 0 Å². The van der Waals surface area contributed by atoms with Crippen molar-refractivity contribution in [1.82, 2.24) is 4.31 Å². The summed E-state index contributed by atoms with van der Waals surface area (Å²) >= 11 is 0. The van der Waals surface area contributed by atoms with E-state index < -0.39 is 21.8 Å². The number of nitrogens with zero attached hydrogens (tertiary/aromatic N) is 1. The Morgan fingerprint density at radius 2 is 1.90 bits per heavy atom. The first-order chi connectivity index (χ1) is 9.53. The second kappa shape index (κ2) is 5.26. The summed E-state index contributed by atoms with van der Waals surface area (Å²) < 4.78 is 64.1. The number of halogens is 3. The number of sulfonamides is 1. The van der Waals surface area contributed by atoms with Gasteiger partial charge in [-0.15, -0.1) is 0 Å². The van der Waals surface area contributed by atoms with Gasteiger partial charge in [0.25, 0.3) is 0 Å². The number of alkyl halides is 3. The smallest absolute Gasteiger partial charge is 0.326 e. The zero-order chi connectivity index (χ0) is 16.0. The minimum atomic E-state index is -4.49. The normalized spacial score (nSPS) is 24.5. The zero-order valence-electron chi connectivity index (χ0n) is 11.7. The van der Waals surface area contributed by atoms with Gasteiger partial charge in [-0.2, -0.15) is 17.5 Å². The monoisotopic (exact) mass is 322 g/mol. The molecule has 21 heavy (non-hydrogen) atoms. The maximum atomic E-state index is 12.6. The average molecular weight is 322 g/mol. The number of hydrogen-bond acceptors (Lipinski definition) is 3. The Kier molecular flexibility index (Phi) is 4.07. The number of rotatable bonds is 2. The molecule has 1 aliphatic heterocycles. The largest absolute Gasteiger partial charge is 0.416 e. The van der Waals surface area contributed by atoms with E-state index in [4.69, 9.17) is 5.73 Å². The van der Waals surface area contributed by atoms with Crippen LogP contribution in [0.1, 0.15) is 18.1 Å². The zero-order valence-corrected chi connectivity index (χ0v) is 12.5. The maximum absolute atomic E-state index is 12.6. The minimum absolute atomic E-state index is 0.0227. The summed E-state index contributed by atoms with van der Waals surface area (Å²) in [5, 5.41) is 0. The van der Waals surface area contributed by atoms with Crippen molar-refractivity contribution in [2.45, 2.75) is 31.0 Å². The van der Waals surface area contributed by atoms with Crippen LogP contribution in [0.4, 0.5) is 13.2 Å². The van der Waals surface area contributed by atoms with Gasteiger partial charge in [-0.05, 0) is 36.6 Å². The van der Waals surface area contributed by atoms with Gasteiger partial charge in [0, 0.05) is 19.1 Å². The predicted molar refractivity (Wildman–Crippen MR) is 72.1 cm³/mol. The van der Waals surface area contributed by atoms with E-state index >= 15 is 0 Å². The van der Waals surface area contributed by atoms with E-state index in [1.807, 2.05) is 6.92 Å². The van der Waals surface area contributed by atoms with Crippen LogP contribution < -0.4 is 5.73 Å². The number of nitrogens with two attached hydrogens (primary N) is 1. The fraction of sp³-hybridized carbons (Fsp3) is 0.538. The van der Waals surface area contributed by atoms with Crippen LogP contribution >= 0.6 is 0 Å². The van der Waals surface area contributed by atoms with Gasteiger partial charge in [-0.3, -0.25) is 0 Å². The van der Waals surface area contributed by atoms with Crippen LogP contribution in [0.3, 0.4) is 0 Å². The molecule has 0 aromatic heterocycles. The van der Waals surface area contributed by atoms with E-state index in [0.717, 1.165) is 18.2 Å². The van der Waals surface area contributed by atoms with Crippen LogP contribution in [0, 0.1) is 12.8 Å². The van der Waals surface area contributed by atoms with Crippen LogP contribution in [0.25, 0.3) is 0 Å². The number of aryl methyl sites for hydroxylation is 1. The van der Waals surface area contributed by atoms with E-state index in [1.165, 1.54) is 11.2 Å². The first-order valence-corrected chi connectivity index (χ1v) is 7.91. The molecular weight excluding hydrogens is 305 g/mol. The van der Waals surface area contributed by atoms with Crippen molar-refractivity contribution in [3.63, 3.8) is 0 Å². The second-order valence-corrected chi connectivity index (χ2v) is 7.35. The van der Waals surface area contributed by atoms with Crippen molar-refractivity contribution in [2.24, 2.45) is 11.7 Å². The van der Waals surface area contributed by atoms with Crippen LogP contribution in [-0.2, 0) is 16.2 Å². The molecule has 0 bridgehead atoms. The molecule has 0 saturated carbocycles. The van der Waals surface area contributed by atoms with Crippen molar-refractivity contribution < 1.29 is 21.6 Å². The third-order valence-electron chi connectivity index (χ3n) is 3.76. The molecule has 2 N–H and O–H groups in total. The fourth-order valence-corrected chi connectivity index (χ4v) is 4.18. The Bertz CT molecular complexity index is 633.